The van der Waals surface area contributed by atoms with Crippen molar-refractivity contribution in [3.05, 3.63) is 45.6 Å². The molecule has 140 valence electrons. The second-order valence-corrected chi connectivity index (χ2v) is 8.17. The summed E-state index contributed by atoms with van der Waals surface area (Å²) < 4.78 is 5.25. The Labute approximate surface area is 161 Å². The van der Waals surface area contributed by atoms with Crippen LogP contribution in [-0.4, -0.2) is 30.9 Å². The lowest BCUT2D eigenvalue weighted by molar-refractivity contribution is -0.124. The minimum Gasteiger partial charge on any atom is -0.451 e. The van der Waals surface area contributed by atoms with Crippen LogP contribution in [0.5, 0.6) is 0 Å². The molecule has 1 atom stereocenters. The molecule has 0 spiro atoms. The summed E-state index contributed by atoms with van der Waals surface area (Å²) >= 11 is 1.46. The van der Waals surface area contributed by atoms with Gasteiger partial charge in [0, 0.05) is 4.88 Å². The van der Waals surface area contributed by atoms with Gasteiger partial charge in [-0.05, 0) is 48.9 Å². The minimum absolute atomic E-state index is 0.0847. The maximum atomic E-state index is 12.6. The second kappa shape index (κ2) is 7.15. The molecule has 1 aliphatic carbocycles. The van der Waals surface area contributed by atoms with Gasteiger partial charge >= 0.3 is 5.97 Å². The topological polar surface area (TPSA) is 75.7 Å². The number of hydrogen-bond acceptors (Lipinski definition) is 5. The van der Waals surface area contributed by atoms with Gasteiger partial charge in [0.15, 0.2) is 6.61 Å². The van der Waals surface area contributed by atoms with E-state index in [1.807, 2.05) is 6.07 Å². The molecule has 0 saturated heterocycles. The van der Waals surface area contributed by atoms with Crippen molar-refractivity contribution in [1.82, 2.24) is 0 Å². The molecule has 2 amide bonds. The number of para-hydroxylation sites is 2. The molecule has 7 heteroatoms. The van der Waals surface area contributed by atoms with E-state index < -0.39 is 11.9 Å². The van der Waals surface area contributed by atoms with E-state index in [2.05, 4.69) is 12.2 Å². The molecule has 2 heterocycles. The molecule has 2 aromatic rings. The number of nitrogens with zero attached hydrogens (tertiary/aromatic N) is 1. The first-order chi connectivity index (χ1) is 13.0. The van der Waals surface area contributed by atoms with Crippen molar-refractivity contribution >= 4 is 40.5 Å². The smallest absolute Gasteiger partial charge is 0.348 e. The molecule has 1 aliphatic heterocycles. The zero-order chi connectivity index (χ0) is 19.0. The predicted molar refractivity (Wildman–Crippen MR) is 103 cm³/mol. The van der Waals surface area contributed by atoms with E-state index in [9.17, 15) is 14.4 Å². The minimum atomic E-state index is -0.481. The number of carbonyl (C=O) groups excluding carboxylic acids is 3. The van der Waals surface area contributed by atoms with E-state index in [-0.39, 0.29) is 19.1 Å². The summed E-state index contributed by atoms with van der Waals surface area (Å²) in [6.07, 6.45) is 3.11. The van der Waals surface area contributed by atoms with E-state index in [1.165, 1.54) is 26.7 Å². The molecule has 1 aromatic heterocycles. The van der Waals surface area contributed by atoms with Crippen LogP contribution >= 0.6 is 11.3 Å². The summed E-state index contributed by atoms with van der Waals surface area (Å²) in [4.78, 5) is 39.9. The molecule has 1 N–H and O–H groups in total. The van der Waals surface area contributed by atoms with Gasteiger partial charge in [0.2, 0.25) is 5.91 Å². The summed E-state index contributed by atoms with van der Waals surface area (Å²) in [6.45, 7) is 1.74. The lowest BCUT2D eigenvalue weighted by Crippen LogP contribution is -2.44. The number of ether oxygens (including phenoxy) is 1. The molecule has 0 fully saturated rings. The Balaban J connectivity index is 1.42. The third-order valence-corrected chi connectivity index (χ3v) is 6.15. The Hall–Kier alpha value is -2.67. The number of esters is 1. The quantitative estimate of drug-likeness (QED) is 0.826. The van der Waals surface area contributed by atoms with Crippen LogP contribution in [0, 0.1) is 5.92 Å². The molecule has 6 nitrogen and oxygen atoms in total. The molecule has 27 heavy (non-hydrogen) atoms. The van der Waals surface area contributed by atoms with Crippen LogP contribution in [0.2, 0.25) is 0 Å². The average molecular weight is 384 g/mol. The van der Waals surface area contributed by atoms with Gasteiger partial charge in [-0.1, -0.05) is 19.1 Å². The molecule has 1 aromatic carbocycles. The highest BCUT2D eigenvalue weighted by Gasteiger charge is 2.28. The molecular weight excluding hydrogens is 364 g/mol. The van der Waals surface area contributed by atoms with Crippen LogP contribution in [0.25, 0.3) is 0 Å². The van der Waals surface area contributed by atoms with Gasteiger partial charge in [0.25, 0.3) is 5.91 Å². The van der Waals surface area contributed by atoms with E-state index in [1.54, 1.807) is 24.3 Å². The number of benzene rings is 1. The predicted octanol–water partition coefficient (Wildman–Crippen LogP) is 3.02. The number of amides is 2. The zero-order valence-corrected chi connectivity index (χ0v) is 15.8. The number of nitrogens with one attached hydrogen (secondary N) is 1. The second-order valence-electron chi connectivity index (χ2n) is 7.03. The van der Waals surface area contributed by atoms with Gasteiger partial charge in [0.1, 0.15) is 11.4 Å². The first-order valence-electron chi connectivity index (χ1n) is 8.99. The molecule has 0 bridgehead atoms. The fourth-order valence-electron chi connectivity index (χ4n) is 3.54. The maximum absolute atomic E-state index is 12.6. The summed E-state index contributed by atoms with van der Waals surface area (Å²) in [7, 11) is 0. The van der Waals surface area contributed by atoms with Gasteiger partial charge in [-0.25, -0.2) is 4.79 Å². The van der Waals surface area contributed by atoms with Crippen molar-refractivity contribution in [2.24, 2.45) is 5.92 Å². The first-order valence-corrected chi connectivity index (χ1v) is 9.81. The number of hydrogen-bond donors (Lipinski definition) is 1. The number of carbonyl (C=O) groups is 3. The first kappa shape index (κ1) is 17.7. The van der Waals surface area contributed by atoms with Crippen molar-refractivity contribution < 1.29 is 19.1 Å². The molecule has 0 unspecified atom stereocenters. The number of rotatable bonds is 3. The summed E-state index contributed by atoms with van der Waals surface area (Å²) in [5.41, 5.74) is 2.41. The highest BCUT2D eigenvalue weighted by molar-refractivity contribution is 7.14. The fourth-order valence-corrected chi connectivity index (χ4v) is 4.64. The Morgan fingerprint density at radius 2 is 2.15 bits per heavy atom. The van der Waals surface area contributed by atoms with Crippen molar-refractivity contribution in [2.75, 3.05) is 23.4 Å². The van der Waals surface area contributed by atoms with Gasteiger partial charge in [-0.15, -0.1) is 11.3 Å². The van der Waals surface area contributed by atoms with Crippen LogP contribution in [0.1, 0.15) is 33.5 Å². The van der Waals surface area contributed by atoms with E-state index in [4.69, 9.17) is 4.74 Å². The summed E-state index contributed by atoms with van der Waals surface area (Å²) in [5.74, 6) is -0.540. The molecule has 4 rings (SSSR count). The van der Waals surface area contributed by atoms with Crippen molar-refractivity contribution in [1.29, 1.82) is 0 Å². The SMILES string of the molecule is C[C@H]1CCc2sc(C(=O)OCC(=O)N3CC(=O)Nc4ccccc43)cc2C1. The fraction of sp³-hybridized carbons (Fsp3) is 0.350. The molecular formula is C20H20N2O4S. The normalized spacial score (nSPS) is 18.3. The Morgan fingerprint density at radius 3 is 3.00 bits per heavy atom. The maximum Gasteiger partial charge on any atom is 0.348 e. The van der Waals surface area contributed by atoms with Gasteiger partial charge in [0.05, 0.1) is 11.4 Å². The number of fused-ring (bicyclic) bond motifs is 2. The Morgan fingerprint density at radius 1 is 1.33 bits per heavy atom. The lowest BCUT2D eigenvalue weighted by atomic mass is 9.90. The van der Waals surface area contributed by atoms with Crippen molar-refractivity contribution in [3.8, 4) is 0 Å². The van der Waals surface area contributed by atoms with Crippen LogP contribution < -0.4 is 10.2 Å². The van der Waals surface area contributed by atoms with Crippen LogP contribution in [0.3, 0.4) is 0 Å². The molecule has 0 radical (unpaired) electrons. The van der Waals surface area contributed by atoms with Gasteiger partial charge < -0.3 is 10.1 Å². The van der Waals surface area contributed by atoms with Crippen LogP contribution in [0.15, 0.2) is 30.3 Å². The molecule has 2 aliphatic rings. The van der Waals surface area contributed by atoms with E-state index >= 15 is 0 Å². The summed E-state index contributed by atoms with van der Waals surface area (Å²) in [6, 6.07) is 8.96. The lowest BCUT2D eigenvalue weighted by Gasteiger charge is -2.28. The highest BCUT2D eigenvalue weighted by Crippen LogP contribution is 2.33. The molecule has 0 saturated carbocycles. The monoisotopic (exact) mass is 384 g/mol. The van der Waals surface area contributed by atoms with E-state index in [0.29, 0.717) is 22.2 Å². The number of thiophene rings is 1. The average Bonchev–Trinajstić information content (AvgIpc) is 3.08. The number of aryl methyl sites for hydroxylation is 1. The Kier molecular flexibility index (Phi) is 4.70. The van der Waals surface area contributed by atoms with Crippen molar-refractivity contribution in [3.63, 3.8) is 0 Å². The van der Waals surface area contributed by atoms with Gasteiger partial charge in [-0.3, -0.25) is 14.5 Å². The highest BCUT2D eigenvalue weighted by atomic mass is 32.1. The van der Waals surface area contributed by atoms with Gasteiger partial charge in [-0.2, -0.15) is 0 Å². The summed E-state index contributed by atoms with van der Waals surface area (Å²) in [5, 5.41) is 2.73. The van der Waals surface area contributed by atoms with Crippen LogP contribution in [0.4, 0.5) is 11.4 Å². The zero-order valence-electron chi connectivity index (χ0n) is 15.0. The number of anilines is 2. The van der Waals surface area contributed by atoms with E-state index in [0.717, 1.165) is 19.3 Å². The largest absolute Gasteiger partial charge is 0.451 e. The Bertz CT molecular complexity index is 920. The third-order valence-electron chi connectivity index (χ3n) is 4.93. The van der Waals surface area contributed by atoms with Crippen molar-refractivity contribution in [2.45, 2.75) is 26.2 Å². The standard InChI is InChI=1S/C20H20N2O4S/c1-12-6-7-16-13(8-12)9-17(27-16)20(25)26-11-19(24)22-10-18(23)21-14-4-2-3-5-15(14)22/h2-5,9,12H,6-8,10-11H2,1H3,(H,21,23)/t12-/m0/s1. The third kappa shape index (κ3) is 3.60. The van der Waals surface area contributed by atoms with Crippen LogP contribution in [-0.2, 0) is 27.2 Å².